The fourth-order valence-corrected chi connectivity index (χ4v) is 2.41. The van der Waals surface area contributed by atoms with Gasteiger partial charge in [0.15, 0.2) is 0 Å². The number of ether oxygens (including phenoxy) is 1. The summed E-state index contributed by atoms with van der Waals surface area (Å²) < 4.78 is 5.39. The van der Waals surface area contributed by atoms with Crippen molar-refractivity contribution >= 4 is 0 Å². The average Bonchev–Trinajstić information content (AvgIpc) is 2.23. The van der Waals surface area contributed by atoms with Gasteiger partial charge >= 0.3 is 0 Å². The van der Waals surface area contributed by atoms with Crippen LogP contribution in [-0.4, -0.2) is 54.7 Å². The molecule has 81 valence electrons. The molecule has 3 heteroatoms. The van der Waals surface area contributed by atoms with Crippen LogP contribution in [0.2, 0.25) is 0 Å². The van der Waals surface area contributed by atoms with Crippen molar-refractivity contribution in [2.45, 2.75) is 31.8 Å². The summed E-state index contributed by atoms with van der Waals surface area (Å²) in [6, 6.07) is 1.37. The van der Waals surface area contributed by atoms with E-state index < -0.39 is 0 Å². The zero-order chi connectivity index (χ0) is 9.97. The van der Waals surface area contributed by atoms with E-state index >= 15 is 0 Å². The minimum Gasteiger partial charge on any atom is -0.381 e. The van der Waals surface area contributed by atoms with Crippen LogP contribution in [0, 0.1) is 7.05 Å². The van der Waals surface area contributed by atoms with Gasteiger partial charge in [-0.1, -0.05) is 0 Å². The standard InChI is InChI=1S/C11H21N2O/c1-10-9-13(6-5-12(10)2)11-3-7-14-8-4-11/h10-11H,2-9H2,1H3. The third-order valence-electron chi connectivity index (χ3n) is 3.50. The fourth-order valence-electron chi connectivity index (χ4n) is 2.41. The van der Waals surface area contributed by atoms with Gasteiger partial charge in [0.05, 0.1) is 0 Å². The van der Waals surface area contributed by atoms with Gasteiger partial charge in [0.1, 0.15) is 0 Å². The van der Waals surface area contributed by atoms with Crippen LogP contribution in [0.3, 0.4) is 0 Å². The molecule has 0 bridgehead atoms. The van der Waals surface area contributed by atoms with Crippen LogP contribution in [0.25, 0.3) is 0 Å². The van der Waals surface area contributed by atoms with Gasteiger partial charge in [0.2, 0.25) is 0 Å². The Morgan fingerprint density at radius 3 is 2.57 bits per heavy atom. The SMILES string of the molecule is [CH2]N1CCN(C2CCOCC2)CC1C. The lowest BCUT2D eigenvalue weighted by atomic mass is 10.0. The molecule has 2 fully saturated rings. The fraction of sp³-hybridized carbons (Fsp3) is 0.909. The van der Waals surface area contributed by atoms with Crippen LogP contribution in [0.5, 0.6) is 0 Å². The highest BCUT2D eigenvalue weighted by Gasteiger charge is 2.27. The third kappa shape index (κ3) is 2.27. The molecule has 1 radical (unpaired) electrons. The molecule has 3 nitrogen and oxygen atoms in total. The Bertz CT molecular complexity index is 180. The van der Waals surface area contributed by atoms with E-state index in [1.54, 1.807) is 0 Å². The lowest BCUT2D eigenvalue weighted by molar-refractivity contribution is 0.00777. The second-order valence-corrected chi connectivity index (χ2v) is 4.50. The van der Waals surface area contributed by atoms with Crippen molar-refractivity contribution in [2.24, 2.45) is 0 Å². The Morgan fingerprint density at radius 1 is 1.21 bits per heavy atom. The minimum absolute atomic E-state index is 0.603. The van der Waals surface area contributed by atoms with Gasteiger partial charge < -0.3 is 4.74 Å². The zero-order valence-corrected chi connectivity index (χ0v) is 9.11. The van der Waals surface area contributed by atoms with Crippen molar-refractivity contribution in [1.82, 2.24) is 9.80 Å². The largest absolute Gasteiger partial charge is 0.381 e. The lowest BCUT2D eigenvalue weighted by Crippen LogP contribution is -2.53. The molecular formula is C11H21N2O. The first-order valence-corrected chi connectivity index (χ1v) is 5.66. The molecular weight excluding hydrogens is 176 g/mol. The number of nitrogens with zero attached hydrogens (tertiary/aromatic N) is 2. The number of hydrogen-bond acceptors (Lipinski definition) is 3. The highest BCUT2D eigenvalue weighted by atomic mass is 16.5. The quantitative estimate of drug-likeness (QED) is 0.623. The van der Waals surface area contributed by atoms with Crippen LogP contribution in [0.1, 0.15) is 19.8 Å². The van der Waals surface area contributed by atoms with Crippen molar-refractivity contribution in [2.75, 3.05) is 32.8 Å². The second kappa shape index (κ2) is 4.60. The van der Waals surface area contributed by atoms with Gasteiger partial charge in [0, 0.05) is 52.0 Å². The number of hydrogen-bond donors (Lipinski definition) is 0. The maximum atomic E-state index is 5.39. The number of piperazine rings is 1. The minimum atomic E-state index is 0.603. The van der Waals surface area contributed by atoms with Gasteiger partial charge in [-0.2, -0.15) is 0 Å². The molecule has 2 heterocycles. The molecule has 0 aromatic heterocycles. The maximum Gasteiger partial charge on any atom is 0.0480 e. The van der Waals surface area contributed by atoms with E-state index in [4.69, 9.17) is 4.74 Å². The molecule has 0 aliphatic carbocycles. The van der Waals surface area contributed by atoms with Gasteiger partial charge in [0.25, 0.3) is 0 Å². The first kappa shape index (κ1) is 10.4. The van der Waals surface area contributed by atoms with E-state index in [1.165, 1.54) is 25.9 Å². The van der Waals surface area contributed by atoms with Crippen LogP contribution >= 0.6 is 0 Å². The predicted octanol–water partition coefficient (Wildman–Crippen LogP) is 0.963. The zero-order valence-electron chi connectivity index (χ0n) is 9.11. The summed E-state index contributed by atoms with van der Waals surface area (Å²) in [6.07, 6.45) is 2.42. The van der Waals surface area contributed by atoms with Crippen LogP contribution in [-0.2, 0) is 4.74 Å². The van der Waals surface area contributed by atoms with Crippen LogP contribution in [0.4, 0.5) is 0 Å². The lowest BCUT2D eigenvalue weighted by Gasteiger charge is -2.42. The van der Waals surface area contributed by atoms with E-state index in [0.29, 0.717) is 6.04 Å². The van der Waals surface area contributed by atoms with Crippen molar-refractivity contribution in [1.29, 1.82) is 0 Å². The normalized spacial score (nSPS) is 33.4. The average molecular weight is 197 g/mol. The highest BCUT2D eigenvalue weighted by molar-refractivity contribution is 4.84. The maximum absolute atomic E-state index is 5.39. The number of rotatable bonds is 1. The van der Waals surface area contributed by atoms with Gasteiger partial charge in [-0.05, 0) is 19.8 Å². The molecule has 2 aliphatic rings. The summed E-state index contributed by atoms with van der Waals surface area (Å²) >= 11 is 0. The molecule has 2 aliphatic heterocycles. The first-order valence-electron chi connectivity index (χ1n) is 5.66. The van der Waals surface area contributed by atoms with Crippen molar-refractivity contribution in [3.63, 3.8) is 0 Å². The molecule has 1 unspecified atom stereocenters. The molecule has 0 saturated carbocycles. The summed E-state index contributed by atoms with van der Waals surface area (Å²) in [5.41, 5.74) is 0. The second-order valence-electron chi connectivity index (χ2n) is 4.50. The van der Waals surface area contributed by atoms with Crippen LogP contribution in [0.15, 0.2) is 0 Å². The summed E-state index contributed by atoms with van der Waals surface area (Å²) in [5.74, 6) is 0. The van der Waals surface area contributed by atoms with Crippen molar-refractivity contribution < 1.29 is 4.74 Å². The van der Waals surface area contributed by atoms with E-state index in [0.717, 1.165) is 25.8 Å². The van der Waals surface area contributed by atoms with Crippen LogP contribution < -0.4 is 0 Å². The molecule has 2 saturated heterocycles. The summed E-state index contributed by atoms with van der Waals surface area (Å²) in [5, 5.41) is 0. The van der Waals surface area contributed by atoms with Crippen molar-refractivity contribution in [3.05, 3.63) is 7.05 Å². The molecule has 0 aromatic carbocycles. The monoisotopic (exact) mass is 197 g/mol. The third-order valence-corrected chi connectivity index (χ3v) is 3.50. The Kier molecular flexibility index (Phi) is 3.42. The Morgan fingerprint density at radius 2 is 1.93 bits per heavy atom. The molecule has 0 N–H and O–H groups in total. The van der Waals surface area contributed by atoms with Gasteiger partial charge in [-0.15, -0.1) is 0 Å². The smallest absolute Gasteiger partial charge is 0.0480 e. The van der Waals surface area contributed by atoms with E-state index in [-0.39, 0.29) is 0 Å². The molecule has 1 atom stereocenters. The molecule has 14 heavy (non-hydrogen) atoms. The first-order chi connectivity index (χ1) is 6.77. The predicted molar refractivity (Wildman–Crippen MR) is 56.9 cm³/mol. The van der Waals surface area contributed by atoms with Crippen molar-refractivity contribution in [3.8, 4) is 0 Å². The molecule has 0 spiro atoms. The summed E-state index contributed by atoms with van der Waals surface area (Å²) in [4.78, 5) is 4.82. The van der Waals surface area contributed by atoms with Gasteiger partial charge in [-0.3, -0.25) is 9.80 Å². The summed E-state index contributed by atoms with van der Waals surface area (Å²) in [7, 11) is 4.04. The Hall–Kier alpha value is -0.120. The van der Waals surface area contributed by atoms with E-state index in [2.05, 4.69) is 23.8 Å². The highest BCUT2D eigenvalue weighted by Crippen LogP contribution is 2.18. The molecule has 0 amide bonds. The molecule has 0 aromatic rings. The Labute approximate surface area is 87.0 Å². The van der Waals surface area contributed by atoms with E-state index in [1.807, 2.05) is 0 Å². The van der Waals surface area contributed by atoms with Gasteiger partial charge in [-0.25, -0.2) is 0 Å². The topological polar surface area (TPSA) is 15.7 Å². The summed E-state index contributed by atoms with van der Waals surface area (Å²) in [6.45, 7) is 7.62. The molecule has 2 rings (SSSR count). The Balaban J connectivity index is 1.85. The van der Waals surface area contributed by atoms with E-state index in [9.17, 15) is 0 Å².